The molecule has 0 aliphatic carbocycles. The molecule has 1 unspecified atom stereocenters. The van der Waals surface area contributed by atoms with Gasteiger partial charge in [0.25, 0.3) is 0 Å². The standard InChI is InChI=1S/C16H22N4O/c1-18-11-14-7-4-5-9-20(14)12-16(21)19-15-8-3-2-6-13(15)10-17/h2-3,6,8,14,18H,4-5,7,9,11-12H2,1H3,(H,19,21). The molecule has 5 heteroatoms. The second-order valence-corrected chi connectivity index (χ2v) is 5.38. The molecule has 5 nitrogen and oxygen atoms in total. The molecule has 0 bridgehead atoms. The van der Waals surface area contributed by atoms with Crippen LogP contribution < -0.4 is 10.6 Å². The lowest BCUT2D eigenvalue weighted by molar-refractivity contribution is -0.118. The van der Waals surface area contributed by atoms with Gasteiger partial charge >= 0.3 is 0 Å². The average molecular weight is 286 g/mol. The van der Waals surface area contributed by atoms with Gasteiger partial charge in [-0.2, -0.15) is 5.26 Å². The minimum atomic E-state index is -0.0549. The van der Waals surface area contributed by atoms with Crippen LogP contribution in [0.1, 0.15) is 24.8 Å². The van der Waals surface area contributed by atoms with Gasteiger partial charge in [-0.3, -0.25) is 9.69 Å². The van der Waals surface area contributed by atoms with Crippen LogP contribution in [0.3, 0.4) is 0 Å². The van der Waals surface area contributed by atoms with Gasteiger partial charge in [0.05, 0.1) is 17.8 Å². The maximum atomic E-state index is 12.2. The number of carbonyl (C=O) groups excluding carboxylic acids is 1. The van der Waals surface area contributed by atoms with Crippen LogP contribution in [0.2, 0.25) is 0 Å². The van der Waals surface area contributed by atoms with Crippen molar-refractivity contribution in [3.8, 4) is 6.07 Å². The summed E-state index contributed by atoms with van der Waals surface area (Å²) in [6.45, 7) is 2.24. The Morgan fingerprint density at radius 2 is 2.24 bits per heavy atom. The quantitative estimate of drug-likeness (QED) is 0.862. The number of nitriles is 1. The summed E-state index contributed by atoms with van der Waals surface area (Å²) < 4.78 is 0. The molecule has 0 spiro atoms. The summed E-state index contributed by atoms with van der Waals surface area (Å²) in [5.41, 5.74) is 1.09. The van der Waals surface area contributed by atoms with Crippen molar-refractivity contribution in [2.24, 2.45) is 0 Å². The maximum absolute atomic E-state index is 12.2. The van der Waals surface area contributed by atoms with E-state index >= 15 is 0 Å². The van der Waals surface area contributed by atoms with E-state index in [0.717, 1.165) is 25.9 Å². The Morgan fingerprint density at radius 3 is 3.00 bits per heavy atom. The molecule has 1 atom stereocenters. The number of benzene rings is 1. The average Bonchev–Trinajstić information content (AvgIpc) is 2.50. The van der Waals surface area contributed by atoms with Crippen molar-refractivity contribution in [3.05, 3.63) is 29.8 Å². The number of amides is 1. The zero-order chi connectivity index (χ0) is 15.1. The topological polar surface area (TPSA) is 68.2 Å². The van der Waals surface area contributed by atoms with Gasteiger partial charge in [-0.15, -0.1) is 0 Å². The van der Waals surface area contributed by atoms with Crippen molar-refractivity contribution in [2.45, 2.75) is 25.3 Å². The third-order valence-corrected chi connectivity index (χ3v) is 3.86. The number of hydrogen-bond donors (Lipinski definition) is 2. The van der Waals surface area contributed by atoms with E-state index in [1.54, 1.807) is 18.2 Å². The van der Waals surface area contributed by atoms with E-state index in [9.17, 15) is 4.79 Å². The molecule has 1 saturated heterocycles. The van der Waals surface area contributed by atoms with Crippen LogP contribution in [0, 0.1) is 11.3 Å². The van der Waals surface area contributed by atoms with E-state index in [1.165, 1.54) is 6.42 Å². The highest BCUT2D eigenvalue weighted by atomic mass is 16.2. The van der Waals surface area contributed by atoms with Crippen molar-refractivity contribution in [2.75, 3.05) is 32.0 Å². The number of carbonyl (C=O) groups is 1. The number of hydrogen-bond acceptors (Lipinski definition) is 4. The molecule has 2 rings (SSSR count). The zero-order valence-corrected chi connectivity index (χ0v) is 12.4. The molecule has 1 aromatic carbocycles. The summed E-state index contributed by atoms with van der Waals surface area (Å²) in [6, 6.07) is 9.60. The van der Waals surface area contributed by atoms with E-state index in [-0.39, 0.29) is 5.91 Å². The minimum absolute atomic E-state index is 0.0549. The first-order chi connectivity index (χ1) is 10.2. The number of nitrogens with zero attached hydrogens (tertiary/aromatic N) is 2. The van der Waals surface area contributed by atoms with E-state index in [4.69, 9.17) is 5.26 Å². The van der Waals surface area contributed by atoms with Crippen LogP contribution >= 0.6 is 0 Å². The summed E-state index contributed by atoms with van der Waals surface area (Å²) in [5.74, 6) is -0.0549. The van der Waals surface area contributed by atoms with Crippen LogP contribution in [0.4, 0.5) is 5.69 Å². The minimum Gasteiger partial charge on any atom is -0.324 e. The summed E-state index contributed by atoms with van der Waals surface area (Å²) in [5, 5.41) is 15.1. The van der Waals surface area contributed by atoms with Gasteiger partial charge in [-0.1, -0.05) is 18.6 Å². The van der Waals surface area contributed by atoms with E-state index < -0.39 is 0 Å². The predicted octanol–water partition coefficient (Wildman–Crippen LogP) is 1.57. The fourth-order valence-electron chi connectivity index (χ4n) is 2.80. The van der Waals surface area contributed by atoms with Crippen molar-refractivity contribution in [3.63, 3.8) is 0 Å². The third kappa shape index (κ3) is 4.28. The number of piperidine rings is 1. The third-order valence-electron chi connectivity index (χ3n) is 3.86. The molecular formula is C16H22N4O. The molecule has 1 amide bonds. The van der Waals surface area contributed by atoms with Crippen molar-refractivity contribution < 1.29 is 4.79 Å². The molecule has 21 heavy (non-hydrogen) atoms. The van der Waals surface area contributed by atoms with Crippen molar-refractivity contribution in [1.82, 2.24) is 10.2 Å². The van der Waals surface area contributed by atoms with Crippen LogP contribution in [0.5, 0.6) is 0 Å². The maximum Gasteiger partial charge on any atom is 0.238 e. The van der Waals surface area contributed by atoms with Gasteiger partial charge in [-0.05, 0) is 38.6 Å². The lowest BCUT2D eigenvalue weighted by atomic mass is 10.0. The molecule has 112 valence electrons. The Labute approximate surface area is 125 Å². The number of likely N-dealkylation sites (tertiary alicyclic amines) is 1. The zero-order valence-electron chi connectivity index (χ0n) is 12.4. The molecule has 0 saturated carbocycles. The van der Waals surface area contributed by atoms with Gasteiger partial charge in [0.15, 0.2) is 0 Å². The molecule has 1 aliphatic rings. The Bertz CT molecular complexity index is 521. The van der Waals surface area contributed by atoms with Crippen LogP contribution in [-0.4, -0.2) is 43.5 Å². The van der Waals surface area contributed by atoms with Crippen LogP contribution in [-0.2, 0) is 4.79 Å². The van der Waals surface area contributed by atoms with Gasteiger partial charge in [0.1, 0.15) is 6.07 Å². The molecule has 0 aromatic heterocycles. The normalized spacial score (nSPS) is 19.0. The van der Waals surface area contributed by atoms with Gasteiger partial charge in [-0.25, -0.2) is 0 Å². The second kappa shape index (κ2) is 7.77. The first kappa shape index (κ1) is 15.5. The molecule has 1 fully saturated rings. The summed E-state index contributed by atoms with van der Waals surface area (Å²) >= 11 is 0. The molecule has 1 aromatic rings. The largest absolute Gasteiger partial charge is 0.324 e. The first-order valence-electron chi connectivity index (χ1n) is 7.42. The summed E-state index contributed by atoms with van der Waals surface area (Å²) in [4.78, 5) is 14.4. The molecular weight excluding hydrogens is 264 g/mol. The highest BCUT2D eigenvalue weighted by Crippen LogP contribution is 2.17. The van der Waals surface area contributed by atoms with Gasteiger partial charge in [0, 0.05) is 12.6 Å². The fraction of sp³-hybridized carbons (Fsp3) is 0.500. The molecule has 0 radical (unpaired) electrons. The second-order valence-electron chi connectivity index (χ2n) is 5.38. The lowest BCUT2D eigenvalue weighted by Gasteiger charge is -2.35. The van der Waals surface area contributed by atoms with Gasteiger partial charge < -0.3 is 10.6 Å². The van der Waals surface area contributed by atoms with E-state index in [2.05, 4.69) is 21.6 Å². The van der Waals surface area contributed by atoms with E-state index in [1.807, 2.05) is 13.1 Å². The highest BCUT2D eigenvalue weighted by molar-refractivity contribution is 5.93. The molecule has 1 aliphatic heterocycles. The number of likely N-dealkylation sites (N-methyl/N-ethyl adjacent to an activating group) is 1. The van der Waals surface area contributed by atoms with Crippen molar-refractivity contribution in [1.29, 1.82) is 5.26 Å². The SMILES string of the molecule is CNCC1CCCCN1CC(=O)Nc1ccccc1C#N. The van der Waals surface area contributed by atoms with Crippen LogP contribution in [0.25, 0.3) is 0 Å². The predicted molar refractivity (Wildman–Crippen MR) is 82.9 cm³/mol. The van der Waals surface area contributed by atoms with E-state index in [0.29, 0.717) is 23.8 Å². The Balaban J connectivity index is 1.96. The first-order valence-corrected chi connectivity index (χ1v) is 7.42. The Morgan fingerprint density at radius 1 is 1.43 bits per heavy atom. The van der Waals surface area contributed by atoms with Crippen LogP contribution in [0.15, 0.2) is 24.3 Å². The Kier molecular flexibility index (Phi) is 5.73. The monoisotopic (exact) mass is 286 g/mol. The highest BCUT2D eigenvalue weighted by Gasteiger charge is 2.23. The Hall–Kier alpha value is -1.90. The lowest BCUT2D eigenvalue weighted by Crippen LogP contribution is -2.47. The number of para-hydroxylation sites is 1. The number of rotatable bonds is 5. The summed E-state index contributed by atoms with van der Waals surface area (Å²) in [6.07, 6.45) is 3.49. The number of nitrogens with one attached hydrogen (secondary N) is 2. The summed E-state index contributed by atoms with van der Waals surface area (Å²) in [7, 11) is 1.94. The van der Waals surface area contributed by atoms with Gasteiger partial charge in [0.2, 0.25) is 5.91 Å². The number of anilines is 1. The molecule has 2 N–H and O–H groups in total. The fourth-order valence-corrected chi connectivity index (χ4v) is 2.80. The molecule has 1 heterocycles. The smallest absolute Gasteiger partial charge is 0.238 e. The van der Waals surface area contributed by atoms with Crippen molar-refractivity contribution >= 4 is 11.6 Å².